The third kappa shape index (κ3) is 3.30. The molecule has 6 heteroatoms. The van der Waals surface area contributed by atoms with Crippen LogP contribution in [-0.2, 0) is 5.41 Å². The van der Waals surface area contributed by atoms with Crippen LogP contribution < -0.4 is 5.32 Å². The average molecular weight is 328 g/mol. The summed E-state index contributed by atoms with van der Waals surface area (Å²) >= 11 is 0. The fourth-order valence-electron chi connectivity index (χ4n) is 3.42. The van der Waals surface area contributed by atoms with Crippen LogP contribution in [-0.4, -0.2) is 41.1 Å². The van der Waals surface area contributed by atoms with Crippen LogP contribution in [0.1, 0.15) is 62.7 Å². The molecule has 0 aromatic carbocycles. The molecule has 0 spiro atoms. The number of carbonyl (C=O) groups excluding carboxylic acids is 1. The molecule has 3 heterocycles. The molecule has 2 aliphatic heterocycles. The minimum absolute atomic E-state index is 0. The van der Waals surface area contributed by atoms with E-state index in [2.05, 4.69) is 31.2 Å². The van der Waals surface area contributed by atoms with E-state index in [1.54, 1.807) is 6.07 Å². The Labute approximate surface area is 138 Å². The molecule has 3 rings (SSSR count). The van der Waals surface area contributed by atoms with E-state index in [-0.39, 0.29) is 23.7 Å². The first-order chi connectivity index (χ1) is 9.84. The van der Waals surface area contributed by atoms with E-state index in [9.17, 15) is 4.79 Å². The van der Waals surface area contributed by atoms with Gasteiger partial charge in [0, 0.05) is 36.7 Å². The van der Waals surface area contributed by atoms with E-state index in [4.69, 9.17) is 4.52 Å². The number of fused-ring (bicyclic) bond motifs is 2. The molecule has 124 valence electrons. The van der Waals surface area contributed by atoms with Crippen LogP contribution in [0.25, 0.3) is 0 Å². The fourth-order valence-corrected chi connectivity index (χ4v) is 3.42. The number of aromatic nitrogens is 1. The van der Waals surface area contributed by atoms with E-state index < -0.39 is 0 Å². The second kappa shape index (κ2) is 6.20. The summed E-state index contributed by atoms with van der Waals surface area (Å²) in [6.07, 6.45) is 4.56. The highest BCUT2D eigenvalue weighted by Crippen LogP contribution is 2.30. The first-order valence-corrected chi connectivity index (χ1v) is 7.85. The fraction of sp³-hybridized carbons (Fsp3) is 0.750. The summed E-state index contributed by atoms with van der Waals surface area (Å²) in [6.45, 7) is 6.15. The number of nitrogens with zero attached hydrogens (tertiary/aromatic N) is 2. The smallest absolute Gasteiger partial charge is 0.276 e. The molecule has 1 aromatic rings. The quantitative estimate of drug-likeness (QED) is 0.907. The van der Waals surface area contributed by atoms with Crippen LogP contribution in [0.3, 0.4) is 0 Å². The molecule has 2 unspecified atom stereocenters. The van der Waals surface area contributed by atoms with Gasteiger partial charge >= 0.3 is 0 Å². The van der Waals surface area contributed by atoms with Gasteiger partial charge in [-0.05, 0) is 25.7 Å². The molecule has 0 radical (unpaired) electrons. The summed E-state index contributed by atoms with van der Waals surface area (Å²) < 4.78 is 5.33. The van der Waals surface area contributed by atoms with Gasteiger partial charge in [-0.1, -0.05) is 25.9 Å². The Hall–Kier alpha value is -1.07. The van der Waals surface area contributed by atoms with Crippen molar-refractivity contribution in [2.75, 3.05) is 7.05 Å². The Morgan fingerprint density at radius 3 is 2.41 bits per heavy atom. The first-order valence-electron chi connectivity index (χ1n) is 7.85. The van der Waals surface area contributed by atoms with E-state index in [1.165, 1.54) is 12.8 Å². The predicted octanol–water partition coefficient (Wildman–Crippen LogP) is 2.75. The highest BCUT2D eigenvalue weighted by atomic mass is 35.5. The van der Waals surface area contributed by atoms with Gasteiger partial charge in [0.25, 0.3) is 5.91 Å². The summed E-state index contributed by atoms with van der Waals surface area (Å²) in [5, 5.41) is 7.58. The van der Waals surface area contributed by atoms with E-state index >= 15 is 0 Å². The van der Waals surface area contributed by atoms with Crippen LogP contribution in [0, 0.1) is 0 Å². The van der Waals surface area contributed by atoms with Gasteiger partial charge in [-0.25, -0.2) is 0 Å². The number of rotatable bonds is 2. The molecule has 0 aliphatic carbocycles. The van der Waals surface area contributed by atoms with Crippen LogP contribution in [0.5, 0.6) is 0 Å². The van der Waals surface area contributed by atoms with Crippen LogP contribution >= 0.6 is 12.4 Å². The van der Waals surface area contributed by atoms with Crippen molar-refractivity contribution in [1.29, 1.82) is 0 Å². The molecule has 1 N–H and O–H groups in total. The molecule has 2 fully saturated rings. The zero-order chi connectivity index (χ0) is 15.2. The molecule has 22 heavy (non-hydrogen) atoms. The van der Waals surface area contributed by atoms with Crippen molar-refractivity contribution in [3.63, 3.8) is 0 Å². The molecular formula is C16H26ClN3O2. The second-order valence-corrected chi connectivity index (χ2v) is 7.51. The molecule has 2 aliphatic rings. The van der Waals surface area contributed by atoms with Crippen molar-refractivity contribution < 1.29 is 9.32 Å². The SMILES string of the molecule is CN(C(=O)c1cc(C(C)(C)C)on1)C1CC2CCC(C1)N2.Cl. The minimum Gasteiger partial charge on any atom is -0.360 e. The van der Waals surface area contributed by atoms with Crippen molar-refractivity contribution >= 4 is 18.3 Å². The van der Waals surface area contributed by atoms with Gasteiger partial charge in [-0.3, -0.25) is 4.79 Å². The van der Waals surface area contributed by atoms with Gasteiger partial charge in [-0.2, -0.15) is 0 Å². The van der Waals surface area contributed by atoms with Crippen molar-refractivity contribution in [2.24, 2.45) is 0 Å². The highest BCUT2D eigenvalue weighted by molar-refractivity contribution is 5.92. The molecule has 2 atom stereocenters. The number of hydrogen-bond donors (Lipinski definition) is 1. The van der Waals surface area contributed by atoms with E-state index in [0.717, 1.165) is 18.6 Å². The lowest BCUT2D eigenvalue weighted by molar-refractivity contribution is 0.0671. The first kappa shape index (κ1) is 17.3. The topological polar surface area (TPSA) is 58.4 Å². The number of piperidine rings is 1. The summed E-state index contributed by atoms with van der Waals surface area (Å²) in [7, 11) is 1.89. The Kier molecular flexibility index (Phi) is 4.87. The maximum atomic E-state index is 12.6. The summed E-state index contributed by atoms with van der Waals surface area (Å²) in [5.41, 5.74) is 0.297. The number of nitrogens with one attached hydrogen (secondary N) is 1. The predicted molar refractivity (Wildman–Crippen MR) is 87.5 cm³/mol. The Bertz CT molecular complexity index is 526. The minimum atomic E-state index is -0.127. The van der Waals surface area contributed by atoms with Gasteiger partial charge in [-0.15, -0.1) is 12.4 Å². The van der Waals surface area contributed by atoms with Gasteiger partial charge in [0.05, 0.1) is 0 Å². The summed E-state index contributed by atoms with van der Waals surface area (Å²) in [6, 6.07) is 3.25. The molecule has 5 nitrogen and oxygen atoms in total. The Morgan fingerprint density at radius 1 is 1.32 bits per heavy atom. The molecule has 1 aromatic heterocycles. The van der Waals surface area contributed by atoms with Crippen molar-refractivity contribution in [3.05, 3.63) is 17.5 Å². The lowest BCUT2D eigenvalue weighted by atomic mass is 9.93. The third-order valence-corrected chi connectivity index (χ3v) is 4.78. The molecule has 1 amide bonds. The zero-order valence-corrected chi connectivity index (χ0v) is 14.6. The van der Waals surface area contributed by atoms with E-state index in [0.29, 0.717) is 23.8 Å². The van der Waals surface area contributed by atoms with Gasteiger partial charge in [0.15, 0.2) is 5.69 Å². The summed E-state index contributed by atoms with van der Waals surface area (Å²) in [5.74, 6) is 0.727. The van der Waals surface area contributed by atoms with Crippen molar-refractivity contribution in [3.8, 4) is 0 Å². The highest BCUT2D eigenvalue weighted by Gasteiger charge is 2.37. The lowest BCUT2D eigenvalue weighted by Crippen LogP contribution is -2.48. The number of halogens is 1. The maximum Gasteiger partial charge on any atom is 0.276 e. The van der Waals surface area contributed by atoms with Crippen LogP contribution in [0.2, 0.25) is 0 Å². The monoisotopic (exact) mass is 327 g/mol. The van der Waals surface area contributed by atoms with Crippen LogP contribution in [0.15, 0.2) is 10.6 Å². The van der Waals surface area contributed by atoms with Gasteiger partial charge in [0.2, 0.25) is 0 Å². The maximum absolute atomic E-state index is 12.6. The third-order valence-electron chi connectivity index (χ3n) is 4.78. The molecule has 2 bridgehead atoms. The summed E-state index contributed by atoms with van der Waals surface area (Å²) in [4.78, 5) is 14.5. The van der Waals surface area contributed by atoms with Crippen LogP contribution in [0.4, 0.5) is 0 Å². The lowest BCUT2D eigenvalue weighted by Gasteiger charge is -2.35. The number of carbonyl (C=O) groups is 1. The Morgan fingerprint density at radius 2 is 1.91 bits per heavy atom. The Balaban J connectivity index is 0.00000176. The molecule has 0 saturated carbocycles. The average Bonchev–Trinajstić information content (AvgIpc) is 3.03. The molecule has 2 saturated heterocycles. The van der Waals surface area contributed by atoms with E-state index in [1.807, 2.05) is 11.9 Å². The number of amides is 1. The molecular weight excluding hydrogens is 302 g/mol. The van der Waals surface area contributed by atoms with Crippen molar-refractivity contribution in [1.82, 2.24) is 15.4 Å². The van der Waals surface area contributed by atoms with Gasteiger partial charge in [0.1, 0.15) is 5.76 Å². The van der Waals surface area contributed by atoms with Crippen molar-refractivity contribution in [2.45, 2.75) is 70.0 Å². The number of hydrogen-bond acceptors (Lipinski definition) is 4. The van der Waals surface area contributed by atoms with Gasteiger partial charge < -0.3 is 14.7 Å². The second-order valence-electron chi connectivity index (χ2n) is 7.51. The standard InChI is InChI=1S/C16H25N3O2.ClH/c1-16(2,3)14-9-13(18-21-14)15(20)19(4)12-7-10-5-6-11(8-12)17-10;/h9-12,17H,5-8H2,1-4H3;1H. The zero-order valence-electron chi connectivity index (χ0n) is 13.8. The largest absolute Gasteiger partial charge is 0.360 e. The normalized spacial score (nSPS) is 27.4.